The second-order valence-corrected chi connectivity index (χ2v) is 29.3. The molecule has 0 aliphatic carbocycles. The van der Waals surface area contributed by atoms with Gasteiger partial charge >= 0.3 is 69.3 Å². The molecule has 18 aromatic rings. The van der Waals surface area contributed by atoms with Crippen LogP contribution in [0.15, 0.2) is 250 Å². The molecule has 0 unspecified atom stereocenters. The van der Waals surface area contributed by atoms with Gasteiger partial charge in [-0.05, 0) is 199 Å². The Bertz CT molecular complexity index is 6830. The van der Waals surface area contributed by atoms with E-state index < -0.39 is 63.1 Å². The number of nitrogen functional groups attached to an aromatic ring is 2. The molecule has 2 amide bonds. The summed E-state index contributed by atoms with van der Waals surface area (Å²) >= 11 is 22.7. The molecule has 636 valence electrons. The number of aromatic amines is 1. The van der Waals surface area contributed by atoms with E-state index in [9.17, 15) is 46.0 Å². The molecule has 0 saturated carbocycles. The summed E-state index contributed by atoms with van der Waals surface area (Å²) in [6, 6.07) is 39.9. The number of carbonyl (C=O) groups is 2. The zero-order chi connectivity index (χ0) is 87.7. The van der Waals surface area contributed by atoms with Gasteiger partial charge in [-0.1, -0.05) is 61.3 Å². The van der Waals surface area contributed by atoms with Crippen LogP contribution in [0.3, 0.4) is 0 Å². The molecule has 38 heteroatoms. The van der Waals surface area contributed by atoms with E-state index in [0.717, 1.165) is 54.9 Å². The van der Waals surface area contributed by atoms with Crippen molar-refractivity contribution in [3.63, 3.8) is 0 Å². The third-order valence-electron chi connectivity index (χ3n) is 17.1. The Labute approximate surface area is 770 Å². The van der Waals surface area contributed by atoms with Gasteiger partial charge in [-0.25, -0.2) is 61.4 Å². The summed E-state index contributed by atoms with van der Waals surface area (Å²) in [5.41, 5.74) is 12.7. The molecule has 0 aliphatic rings. The minimum Gasteiger partial charge on any atom is -0.635 e. The molecule has 6 aromatic carbocycles. The van der Waals surface area contributed by atoms with Crippen molar-refractivity contribution in [1.82, 2.24) is 59.0 Å². The number of hydrogen-bond acceptors (Lipinski definition) is 21. The van der Waals surface area contributed by atoms with Crippen molar-refractivity contribution in [2.24, 2.45) is 5.34 Å². The molecule has 18 rings (SSSR count). The number of nitrogens with zero attached hydrogens (tertiary/aromatic N) is 13. The second kappa shape index (κ2) is 43.9. The molecule has 0 spiro atoms. The number of fused-ring (bicyclic) bond motifs is 9. The molecule has 0 saturated heterocycles. The Kier molecular flexibility index (Phi) is 34.3. The maximum atomic E-state index is 14.5. The number of hydrogen-bond donors (Lipinski definition) is 5. The predicted octanol–water partition coefficient (Wildman–Crippen LogP) is 20.1. The fraction of sp³-hybridized carbons (Fsp3) is 0.115. The average Bonchev–Trinajstić information content (AvgIpc) is 1.76. The van der Waals surface area contributed by atoms with Gasteiger partial charge in [0.2, 0.25) is 5.82 Å². The minimum absolute atomic E-state index is 0. The summed E-state index contributed by atoms with van der Waals surface area (Å²) in [7, 11) is 0. The number of nitrogens with two attached hydrogens (primary N) is 2. The number of benzene rings is 6. The minimum atomic E-state index is -0.880. The van der Waals surface area contributed by atoms with Crippen LogP contribution in [-0.4, -0.2) is 87.3 Å². The van der Waals surface area contributed by atoms with Crippen molar-refractivity contribution < 1.29 is 112 Å². The van der Waals surface area contributed by atoms with Crippen LogP contribution in [0.1, 0.15) is 56.4 Å². The monoisotopic (exact) mass is 1810 g/mol. The topological polar surface area (TPSA) is 375 Å². The molecular weight excluding hydrogens is 1740 g/mol. The zero-order valence-electron chi connectivity index (χ0n) is 65.5. The van der Waals surface area contributed by atoms with E-state index in [-0.39, 0.29) is 110 Å². The SMILES string of the molecule is C.C.CC(C)(C)OC(=O)Nc1c(F)ccc2cnc(-n3ccc4ccncc43)cc12.CC(C)(C)OC(=O)Nc1c(F)ccc2cnc(Cl)cc12.Fc1ccc2cnc(Cl)cc2c1.Nc1c(F)ccc2cnc(-n3ccc4ccncc43)cc12.Nc1c(F)ccc2cnc(Cl)cc12.O=NO[O-].O=[N+]([O-])c1c(F)ccc2cnc(Cl)cc12.[K+].c1cc2cc[nH]c2cn1. The maximum Gasteiger partial charge on any atom is 1.00 e. The fourth-order valence-corrected chi connectivity index (χ4v) is 12.4. The second-order valence-electron chi connectivity index (χ2n) is 27.7. The van der Waals surface area contributed by atoms with Crippen molar-refractivity contribution in [1.29, 1.82) is 0 Å². The molecule has 0 radical (unpaired) electrons. The molecule has 0 aliphatic heterocycles. The van der Waals surface area contributed by atoms with E-state index in [1.165, 1.54) is 77.7 Å². The average molecular weight is 1810 g/mol. The van der Waals surface area contributed by atoms with Gasteiger partial charge in [0.05, 0.1) is 68.2 Å². The van der Waals surface area contributed by atoms with E-state index in [1.807, 2.05) is 70.3 Å². The standard InChI is InChI=1S/C21H19FN4O2.C16H11FN4.C14H14ClFN2O2.C9H4ClFN2O2.C9H6ClFN2.C9H5ClFN.C7H6N2.2CH4.K.HNO3/c1-21(2,3)28-20(27)25-19-15-10-18(24-11-14(15)4-5-16(19)22)26-9-7-13-6-8-23-12-17(13)26;17-13-2-1-11-8-20-15(7-12(11)16(13)18)21-6-4-10-3-5-19-9-14(10)21;1-14(2,3)20-13(19)18-12-9-6-11(15)17-7-8(9)4-5-10(12)16;10-8-3-6-5(4-12-8)1-2-7(11)9(6)13(14)15;10-8-3-6-5(4-13-8)1-2-7(11)9(6)12;10-9-4-7-3-8(11)2-1-6(7)5-12-9;1-3-8-5-7-6(1)2-4-9-7;;;;2-1-4-3/h4-12H,1-3H3,(H,25,27);1-9H,18H2;4-7H,1-3H3,(H,18,19);1-4H;1-4H,12H2;1-5H;1-5,9H;2*1H4;;3H/q;;;;;;;;;+1;/p-1. The first-order valence-electron chi connectivity index (χ1n) is 35.8. The van der Waals surface area contributed by atoms with Gasteiger partial charge in [-0.15, -0.1) is 4.91 Å². The molecule has 12 aromatic heterocycles. The number of nitrogens with one attached hydrogen (secondary N) is 3. The van der Waals surface area contributed by atoms with Crippen LogP contribution in [0.5, 0.6) is 0 Å². The van der Waals surface area contributed by atoms with Gasteiger partial charge in [-0.2, -0.15) is 4.39 Å². The Balaban J connectivity index is 0.000000183. The first kappa shape index (κ1) is 97.6. The van der Waals surface area contributed by atoms with Crippen LogP contribution in [0.2, 0.25) is 20.6 Å². The number of anilines is 4. The van der Waals surface area contributed by atoms with Crippen LogP contribution in [0.25, 0.3) is 109 Å². The van der Waals surface area contributed by atoms with Gasteiger partial charge in [0, 0.05) is 144 Å². The first-order chi connectivity index (χ1) is 58.2. The van der Waals surface area contributed by atoms with E-state index >= 15 is 0 Å². The summed E-state index contributed by atoms with van der Waals surface area (Å²) in [4.78, 5) is 84.2. The van der Waals surface area contributed by atoms with E-state index in [1.54, 1.807) is 152 Å². The predicted molar refractivity (Wildman–Crippen MR) is 471 cm³/mol. The summed E-state index contributed by atoms with van der Waals surface area (Å²) in [5, 5.41) is 37.2. The van der Waals surface area contributed by atoms with Crippen LogP contribution >= 0.6 is 46.4 Å². The summed E-state index contributed by atoms with van der Waals surface area (Å²) < 4.78 is 95.1. The molecule has 0 bridgehead atoms. The Morgan fingerprint density at radius 3 is 1.27 bits per heavy atom. The van der Waals surface area contributed by atoms with Gasteiger partial charge in [0.25, 0.3) is 0 Å². The third kappa shape index (κ3) is 25.7. The van der Waals surface area contributed by atoms with Crippen molar-refractivity contribution in [3.05, 3.63) is 315 Å². The van der Waals surface area contributed by atoms with Crippen LogP contribution in [0.4, 0.5) is 64.4 Å². The van der Waals surface area contributed by atoms with Crippen LogP contribution in [-0.2, 0) is 14.5 Å². The number of H-pyrrole nitrogens is 1. The van der Waals surface area contributed by atoms with Gasteiger partial charge < -0.3 is 36.2 Å². The third-order valence-corrected chi connectivity index (χ3v) is 18.0. The Morgan fingerprint density at radius 2 is 0.816 bits per heavy atom. The summed E-state index contributed by atoms with van der Waals surface area (Å²) in [5.74, 6) is -1.83. The molecule has 0 fully saturated rings. The van der Waals surface area contributed by atoms with Crippen LogP contribution in [0, 0.1) is 49.9 Å². The molecule has 27 nitrogen and oxygen atoms in total. The fourth-order valence-electron chi connectivity index (χ4n) is 11.7. The normalized spacial score (nSPS) is 10.6. The quantitative estimate of drug-likeness (QED) is 0.0151. The van der Waals surface area contributed by atoms with E-state index in [2.05, 4.69) is 65.5 Å². The van der Waals surface area contributed by atoms with E-state index in [4.69, 9.17) is 77.5 Å². The molecular formula is C87H73Cl4F6KN18O9. The first-order valence-corrected chi connectivity index (χ1v) is 37.3. The van der Waals surface area contributed by atoms with Gasteiger partial charge in [0.1, 0.15) is 77.9 Å². The molecule has 0 atom stereocenters. The maximum absolute atomic E-state index is 14.5. The summed E-state index contributed by atoms with van der Waals surface area (Å²) in [6.45, 7) is 10.4. The Hall–Kier alpha value is -12.9. The number of ether oxygens (including phenoxy) is 2. The number of carbonyl (C=O) groups excluding carboxylic acids is 2. The number of rotatable bonds is 6. The molecule has 12 heterocycles. The molecule has 7 N–H and O–H groups in total. The number of halogens is 10. The summed E-state index contributed by atoms with van der Waals surface area (Å²) in [6.07, 6.45) is 24.2. The number of nitro groups is 1. The van der Waals surface area contributed by atoms with Crippen molar-refractivity contribution in [2.75, 3.05) is 22.1 Å². The number of aromatic nitrogens is 12. The zero-order valence-corrected chi connectivity index (χ0v) is 71.7. The van der Waals surface area contributed by atoms with Crippen molar-refractivity contribution >= 4 is 184 Å². The van der Waals surface area contributed by atoms with Gasteiger partial charge in [-0.3, -0.25) is 44.8 Å². The van der Waals surface area contributed by atoms with Crippen molar-refractivity contribution in [2.45, 2.75) is 67.6 Å². The number of amides is 2. The smallest absolute Gasteiger partial charge is 0.635 e. The molecule has 125 heavy (non-hydrogen) atoms. The number of pyridine rings is 9. The Morgan fingerprint density at radius 1 is 0.448 bits per heavy atom. The number of nitro benzene ring substituents is 1. The largest absolute Gasteiger partial charge is 1.00 e. The van der Waals surface area contributed by atoms with Crippen molar-refractivity contribution in [3.8, 4) is 11.6 Å². The van der Waals surface area contributed by atoms with Crippen LogP contribution < -0.4 is 78.7 Å². The van der Waals surface area contributed by atoms with Gasteiger partial charge in [0.15, 0.2) is 0 Å². The van der Waals surface area contributed by atoms with E-state index in [0.29, 0.717) is 59.6 Å².